The summed E-state index contributed by atoms with van der Waals surface area (Å²) in [7, 11) is 0. The summed E-state index contributed by atoms with van der Waals surface area (Å²) in [4.78, 5) is 28.0. The molecular formula is C19H18N4O5S. The van der Waals surface area contributed by atoms with Crippen LogP contribution >= 0.6 is 12.2 Å². The lowest BCUT2D eigenvalue weighted by molar-refractivity contribution is -0.139. The van der Waals surface area contributed by atoms with Crippen LogP contribution in [0.4, 0.5) is 0 Å². The van der Waals surface area contributed by atoms with Crippen LogP contribution in [0.5, 0.6) is 11.5 Å². The fraction of sp³-hybridized carbons (Fsp3) is 0.263. The second-order valence-electron chi connectivity index (χ2n) is 6.23. The zero-order valence-corrected chi connectivity index (χ0v) is 16.0. The molecule has 0 saturated carbocycles. The zero-order chi connectivity index (χ0) is 20.8. The minimum Gasteiger partial charge on any atom is -0.485 e. The smallest absolute Gasteiger partial charge is 0.341 e. The molecular weight excluding hydrogens is 396 g/mol. The SMILES string of the molecule is N#Cc1c(C=Cc2cccc(OC3CCNC3)c2OCC(=O)O)[nH]c(=S)[nH]c1=O. The highest BCUT2D eigenvalue weighted by atomic mass is 32.1. The minimum absolute atomic E-state index is 0.0459. The number of hydrogen-bond donors (Lipinski definition) is 4. The summed E-state index contributed by atoms with van der Waals surface area (Å²) in [5.74, 6) is -0.441. The Morgan fingerprint density at radius 2 is 2.21 bits per heavy atom. The number of carboxylic acids is 1. The fourth-order valence-corrected chi connectivity index (χ4v) is 3.07. The summed E-state index contributed by atoms with van der Waals surface area (Å²) >= 11 is 4.95. The van der Waals surface area contributed by atoms with Crippen LogP contribution in [0, 0.1) is 16.1 Å². The summed E-state index contributed by atoms with van der Waals surface area (Å²) in [6.07, 6.45) is 3.88. The van der Waals surface area contributed by atoms with E-state index < -0.39 is 18.1 Å². The number of aromatic amines is 2. The van der Waals surface area contributed by atoms with Gasteiger partial charge in [0, 0.05) is 12.1 Å². The van der Waals surface area contributed by atoms with Gasteiger partial charge in [-0.2, -0.15) is 5.26 Å². The molecule has 3 rings (SSSR count). The minimum atomic E-state index is -1.12. The summed E-state index contributed by atoms with van der Waals surface area (Å²) in [6, 6.07) is 6.99. The number of nitrogens with zero attached hydrogens (tertiary/aromatic N) is 1. The molecule has 1 saturated heterocycles. The van der Waals surface area contributed by atoms with Crippen LogP contribution in [-0.4, -0.2) is 46.8 Å². The highest BCUT2D eigenvalue weighted by molar-refractivity contribution is 7.71. The molecule has 2 aromatic rings. The van der Waals surface area contributed by atoms with Gasteiger partial charge in [0.15, 0.2) is 22.9 Å². The van der Waals surface area contributed by atoms with E-state index in [-0.39, 0.29) is 27.9 Å². The van der Waals surface area contributed by atoms with Crippen LogP contribution in [0.25, 0.3) is 12.2 Å². The number of rotatable bonds is 7. The second-order valence-corrected chi connectivity index (χ2v) is 6.64. The average Bonchev–Trinajstić information content (AvgIpc) is 3.18. The number of benzene rings is 1. The molecule has 4 N–H and O–H groups in total. The molecule has 0 spiro atoms. The number of nitrogens with one attached hydrogen (secondary N) is 3. The highest BCUT2D eigenvalue weighted by Gasteiger charge is 2.19. The first kappa shape index (κ1) is 20.3. The Bertz CT molecular complexity index is 1090. The number of H-pyrrole nitrogens is 2. The first-order valence-electron chi connectivity index (χ1n) is 8.77. The van der Waals surface area contributed by atoms with E-state index in [4.69, 9.17) is 26.8 Å². The molecule has 10 heteroatoms. The maximum absolute atomic E-state index is 11.9. The maximum atomic E-state index is 11.9. The Morgan fingerprint density at radius 1 is 1.38 bits per heavy atom. The number of ether oxygens (including phenoxy) is 2. The number of hydrogen-bond acceptors (Lipinski definition) is 7. The van der Waals surface area contributed by atoms with E-state index in [2.05, 4.69) is 15.3 Å². The van der Waals surface area contributed by atoms with Crippen molar-refractivity contribution in [1.29, 1.82) is 5.26 Å². The van der Waals surface area contributed by atoms with E-state index in [0.717, 1.165) is 13.0 Å². The lowest BCUT2D eigenvalue weighted by Gasteiger charge is -2.17. The van der Waals surface area contributed by atoms with Crippen molar-refractivity contribution in [1.82, 2.24) is 15.3 Å². The molecule has 1 aromatic heterocycles. The molecule has 150 valence electrons. The largest absolute Gasteiger partial charge is 0.485 e. The van der Waals surface area contributed by atoms with E-state index in [9.17, 15) is 14.9 Å². The van der Waals surface area contributed by atoms with Crippen molar-refractivity contribution in [2.24, 2.45) is 0 Å². The average molecular weight is 414 g/mol. The van der Waals surface area contributed by atoms with E-state index >= 15 is 0 Å². The van der Waals surface area contributed by atoms with Crippen molar-refractivity contribution < 1.29 is 19.4 Å². The molecule has 0 bridgehead atoms. The van der Waals surface area contributed by atoms with E-state index in [1.807, 2.05) is 6.07 Å². The van der Waals surface area contributed by atoms with Gasteiger partial charge in [-0.3, -0.25) is 9.78 Å². The quantitative estimate of drug-likeness (QED) is 0.502. The standard InChI is InChI=1S/C19H18N4O5S/c20-8-13-14(22-19(29)23-18(13)26)5-4-11-2-1-3-15(17(11)27-10-16(24)25)28-12-6-7-21-9-12/h1-5,12,21H,6-7,9-10H2,(H,24,25)(H2,22,23,26,29). The van der Waals surface area contributed by atoms with Gasteiger partial charge >= 0.3 is 5.97 Å². The van der Waals surface area contributed by atoms with Crippen molar-refractivity contribution >= 4 is 30.3 Å². The number of para-hydroxylation sites is 1. The number of carboxylic acid groups (broad SMARTS) is 1. The molecule has 1 atom stereocenters. The molecule has 1 aliphatic rings. The maximum Gasteiger partial charge on any atom is 0.341 e. The molecule has 29 heavy (non-hydrogen) atoms. The monoisotopic (exact) mass is 414 g/mol. The van der Waals surface area contributed by atoms with Crippen LogP contribution < -0.4 is 20.3 Å². The Kier molecular flexibility index (Phi) is 6.43. The van der Waals surface area contributed by atoms with Gasteiger partial charge in [0.05, 0.1) is 5.69 Å². The number of nitriles is 1. The normalized spacial score (nSPS) is 15.9. The first-order chi connectivity index (χ1) is 14.0. The first-order valence-corrected chi connectivity index (χ1v) is 9.18. The number of carbonyl (C=O) groups is 1. The van der Waals surface area contributed by atoms with Crippen molar-refractivity contribution in [3.05, 3.63) is 50.1 Å². The molecule has 0 amide bonds. The lowest BCUT2D eigenvalue weighted by atomic mass is 10.1. The fourth-order valence-electron chi connectivity index (χ4n) is 2.87. The summed E-state index contributed by atoms with van der Waals surface area (Å²) in [5.41, 5.74) is 0.0475. The van der Waals surface area contributed by atoms with E-state index in [0.29, 0.717) is 17.9 Å². The van der Waals surface area contributed by atoms with Gasteiger partial charge in [-0.15, -0.1) is 0 Å². The molecule has 1 aromatic carbocycles. The Hall–Kier alpha value is -3.42. The van der Waals surface area contributed by atoms with Crippen LogP contribution in [0.3, 0.4) is 0 Å². The van der Waals surface area contributed by atoms with Crippen LogP contribution in [0.1, 0.15) is 23.2 Å². The Balaban J connectivity index is 1.98. The third-order valence-corrected chi connectivity index (χ3v) is 4.38. The number of aromatic nitrogens is 2. The van der Waals surface area contributed by atoms with Gasteiger partial charge in [0.2, 0.25) is 0 Å². The van der Waals surface area contributed by atoms with Gasteiger partial charge in [-0.25, -0.2) is 4.79 Å². The summed E-state index contributed by atoms with van der Waals surface area (Å²) in [5, 5.41) is 21.4. The third kappa shape index (κ3) is 5.10. The summed E-state index contributed by atoms with van der Waals surface area (Å²) < 4.78 is 11.5. The molecule has 2 heterocycles. The summed E-state index contributed by atoms with van der Waals surface area (Å²) in [6.45, 7) is 0.989. The van der Waals surface area contributed by atoms with Crippen molar-refractivity contribution in [2.45, 2.75) is 12.5 Å². The molecule has 0 radical (unpaired) electrons. The lowest BCUT2D eigenvalue weighted by Crippen LogP contribution is -2.20. The van der Waals surface area contributed by atoms with Crippen molar-refractivity contribution in [2.75, 3.05) is 19.7 Å². The number of aliphatic carboxylic acids is 1. The van der Waals surface area contributed by atoms with Crippen LogP contribution in [-0.2, 0) is 4.79 Å². The van der Waals surface area contributed by atoms with Crippen molar-refractivity contribution in [3.63, 3.8) is 0 Å². The Morgan fingerprint density at radius 3 is 2.90 bits per heavy atom. The predicted octanol–water partition coefficient (Wildman–Crippen LogP) is 1.68. The molecule has 1 aliphatic heterocycles. The molecule has 9 nitrogen and oxygen atoms in total. The van der Waals surface area contributed by atoms with Crippen molar-refractivity contribution in [3.8, 4) is 17.6 Å². The van der Waals surface area contributed by atoms with Gasteiger partial charge in [0.25, 0.3) is 5.56 Å². The topological polar surface area (TPSA) is 140 Å². The molecule has 1 unspecified atom stereocenters. The second kappa shape index (κ2) is 9.18. The van der Waals surface area contributed by atoms with Gasteiger partial charge in [-0.05, 0) is 43.4 Å². The van der Waals surface area contributed by atoms with E-state index in [1.165, 1.54) is 6.08 Å². The molecule has 0 aliphatic carbocycles. The van der Waals surface area contributed by atoms with Crippen LogP contribution in [0.2, 0.25) is 0 Å². The molecule has 1 fully saturated rings. The van der Waals surface area contributed by atoms with Gasteiger partial charge in [-0.1, -0.05) is 12.1 Å². The Labute approximate surface area is 170 Å². The predicted molar refractivity (Wildman–Crippen MR) is 107 cm³/mol. The van der Waals surface area contributed by atoms with E-state index in [1.54, 1.807) is 24.3 Å². The third-order valence-electron chi connectivity index (χ3n) is 4.17. The zero-order valence-electron chi connectivity index (χ0n) is 15.2. The van der Waals surface area contributed by atoms with Crippen LogP contribution in [0.15, 0.2) is 23.0 Å². The van der Waals surface area contributed by atoms with Gasteiger partial charge < -0.3 is 24.9 Å². The highest BCUT2D eigenvalue weighted by Crippen LogP contribution is 2.34. The van der Waals surface area contributed by atoms with Gasteiger partial charge in [0.1, 0.15) is 17.7 Å².